The molecule has 0 aromatic heterocycles. The molecule has 22 heavy (non-hydrogen) atoms. The first-order chi connectivity index (χ1) is 10.3. The van der Waals surface area contributed by atoms with Gasteiger partial charge in [-0.1, -0.05) is 19.9 Å². The van der Waals surface area contributed by atoms with Crippen LogP contribution in [0.3, 0.4) is 0 Å². The molecule has 7 heteroatoms. The highest BCUT2D eigenvalue weighted by atomic mass is 16.5. The molecule has 1 aromatic carbocycles. The maximum Gasteiger partial charge on any atom is 0.339 e. The Morgan fingerprint density at radius 3 is 2.50 bits per heavy atom. The fourth-order valence-corrected chi connectivity index (χ4v) is 1.48. The molecule has 0 radical (unpaired) electrons. The van der Waals surface area contributed by atoms with Gasteiger partial charge in [0.05, 0.1) is 12.2 Å². The third-order valence-corrected chi connectivity index (χ3v) is 2.55. The quantitative estimate of drug-likeness (QED) is 0.774. The molecule has 1 rings (SSSR count). The van der Waals surface area contributed by atoms with Crippen LogP contribution < -0.4 is 15.8 Å². The molecule has 0 bridgehead atoms. The number of nitrogens with one attached hydrogen (secondary N) is 1. The zero-order chi connectivity index (χ0) is 16.7. The summed E-state index contributed by atoms with van der Waals surface area (Å²) in [6.07, 6.45) is -1.14. The van der Waals surface area contributed by atoms with Gasteiger partial charge in [0.15, 0.2) is 6.10 Å². The molecule has 0 aliphatic heterocycles. The Balaban J connectivity index is 2.67. The van der Waals surface area contributed by atoms with Crippen LogP contribution in [0, 0.1) is 5.92 Å². The Hall–Kier alpha value is -2.57. The van der Waals surface area contributed by atoms with Crippen LogP contribution in [-0.4, -0.2) is 30.6 Å². The number of benzene rings is 1. The number of hydrogen-bond donors (Lipinski definition) is 2. The smallest absolute Gasteiger partial charge is 0.339 e. The predicted molar refractivity (Wildman–Crippen MR) is 79.4 cm³/mol. The summed E-state index contributed by atoms with van der Waals surface area (Å²) in [5.74, 6) is -0.583. The maximum absolute atomic E-state index is 12.0. The van der Waals surface area contributed by atoms with E-state index in [0.717, 1.165) is 0 Å². The molecule has 1 aromatic rings. The topological polar surface area (TPSA) is 108 Å². The molecule has 0 aliphatic carbocycles. The second-order valence-electron chi connectivity index (χ2n) is 5.13. The lowest BCUT2D eigenvalue weighted by molar-refractivity contribution is -0.127. The number of nitrogens with two attached hydrogens (primary N) is 1. The zero-order valence-corrected chi connectivity index (χ0v) is 12.8. The van der Waals surface area contributed by atoms with Crippen molar-refractivity contribution in [1.82, 2.24) is 5.32 Å². The van der Waals surface area contributed by atoms with Crippen LogP contribution in [0.1, 0.15) is 31.1 Å². The summed E-state index contributed by atoms with van der Waals surface area (Å²) in [4.78, 5) is 34.0. The van der Waals surface area contributed by atoms with Gasteiger partial charge in [-0.05, 0) is 31.0 Å². The largest absolute Gasteiger partial charge is 0.493 e. The van der Waals surface area contributed by atoms with Crippen molar-refractivity contribution in [3.05, 3.63) is 29.8 Å². The van der Waals surface area contributed by atoms with Gasteiger partial charge in [0.2, 0.25) is 0 Å². The fourth-order valence-electron chi connectivity index (χ4n) is 1.48. The van der Waals surface area contributed by atoms with Crippen LogP contribution in [-0.2, 0) is 9.53 Å². The van der Waals surface area contributed by atoms with Gasteiger partial charge in [-0.25, -0.2) is 9.59 Å². The molecule has 0 saturated heterocycles. The van der Waals surface area contributed by atoms with Crippen molar-refractivity contribution < 1.29 is 23.9 Å². The monoisotopic (exact) mass is 308 g/mol. The van der Waals surface area contributed by atoms with Crippen LogP contribution in [0.2, 0.25) is 0 Å². The van der Waals surface area contributed by atoms with Crippen LogP contribution in [0.15, 0.2) is 24.3 Å². The van der Waals surface area contributed by atoms with E-state index in [9.17, 15) is 14.4 Å². The summed E-state index contributed by atoms with van der Waals surface area (Å²) < 4.78 is 10.5. The molecule has 7 nitrogen and oxygen atoms in total. The minimum absolute atomic E-state index is 0.250. The van der Waals surface area contributed by atoms with E-state index in [-0.39, 0.29) is 5.56 Å². The van der Waals surface area contributed by atoms with Gasteiger partial charge >= 0.3 is 12.0 Å². The van der Waals surface area contributed by atoms with Crippen LogP contribution in [0.25, 0.3) is 0 Å². The Bertz CT molecular complexity index is 557. The normalized spacial score (nSPS) is 11.6. The highest BCUT2D eigenvalue weighted by Crippen LogP contribution is 2.15. The van der Waals surface area contributed by atoms with Crippen LogP contribution in [0.4, 0.5) is 4.79 Å². The van der Waals surface area contributed by atoms with E-state index in [1.807, 2.05) is 19.2 Å². The number of imide groups is 1. The average molecular weight is 308 g/mol. The first kappa shape index (κ1) is 17.5. The summed E-state index contributed by atoms with van der Waals surface area (Å²) in [7, 11) is 0. The second kappa shape index (κ2) is 8.02. The predicted octanol–water partition coefficient (Wildman–Crippen LogP) is 1.46. The number of amides is 3. The highest BCUT2D eigenvalue weighted by Gasteiger charge is 2.20. The Morgan fingerprint density at radius 2 is 1.91 bits per heavy atom. The van der Waals surface area contributed by atoms with Gasteiger partial charge in [0.25, 0.3) is 5.91 Å². The minimum atomic E-state index is -1.14. The fraction of sp³-hybridized carbons (Fsp3) is 0.400. The summed E-state index contributed by atoms with van der Waals surface area (Å²) in [5.41, 5.74) is 5.07. The van der Waals surface area contributed by atoms with Crippen molar-refractivity contribution in [3.63, 3.8) is 0 Å². The molecule has 0 aliphatic rings. The highest BCUT2D eigenvalue weighted by molar-refractivity contribution is 5.98. The number of esters is 1. The van der Waals surface area contributed by atoms with Crippen molar-refractivity contribution in [2.45, 2.75) is 26.9 Å². The van der Waals surface area contributed by atoms with Gasteiger partial charge in [-0.3, -0.25) is 10.1 Å². The first-order valence-electron chi connectivity index (χ1n) is 6.83. The number of urea groups is 1. The summed E-state index contributed by atoms with van der Waals surface area (Å²) in [6.45, 7) is 5.89. The molecular weight excluding hydrogens is 288 g/mol. The number of primary amides is 1. The molecule has 3 N–H and O–H groups in total. The molecule has 0 heterocycles. The molecular formula is C15H20N2O5. The van der Waals surface area contributed by atoms with Gasteiger partial charge in [0, 0.05) is 0 Å². The van der Waals surface area contributed by atoms with E-state index < -0.39 is 24.0 Å². The minimum Gasteiger partial charge on any atom is -0.493 e. The van der Waals surface area contributed by atoms with E-state index in [0.29, 0.717) is 18.3 Å². The SMILES string of the molecule is CC(C)COc1cccc(C(=O)O[C@H](C)C(=O)NC(N)=O)c1. The number of carbonyl (C=O) groups is 3. The number of ether oxygens (including phenoxy) is 2. The Morgan fingerprint density at radius 1 is 1.23 bits per heavy atom. The lowest BCUT2D eigenvalue weighted by Crippen LogP contribution is -2.42. The number of rotatable bonds is 6. The molecule has 3 amide bonds. The standard InChI is InChI=1S/C15H20N2O5/c1-9(2)8-21-12-6-4-5-11(7-12)14(19)22-10(3)13(18)17-15(16)20/h4-7,9-10H,8H2,1-3H3,(H3,16,17,18,20)/t10-/m1/s1. The van der Waals surface area contributed by atoms with Gasteiger partial charge in [-0.2, -0.15) is 0 Å². The summed E-state index contributed by atoms with van der Waals surface area (Å²) >= 11 is 0. The maximum atomic E-state index is 12.0. The molecule has 0 unspecified atom stereocenters. The van der Waals surface area contributed by atoms with Gasteiger partial charge < -0.3 is 15.2 Å². The molecule has 1 atom stereocenters. The Labute approximate surface area is 128 Å². The first-order valence-corrected chi connectivity index (χ1v) is 6.83. The van der Waals surface area contributed by atoms with Gasteiger partial charge in [-0.15, -0.1) is 0 Å². The van der Waals surface area contributed by atoms with Crippen molar-refractivity contribution in [3.8, 4) is 5.75 Å². The summed E-state index contributed by atoms with van der Waals surface area (Å²) in [6, 6.07) is 5.45. The van der Waals surface area contributed by atoms with Crippen molar-refractivity contribution in [2.24, 2.45) is 11.7 Å². The lowest BCUT2D eigenvalue weighted by Gasteiger charge is -2.13. The molecule has 0 saturated carbocycles. The number of carbonyl (C=O) groups excluding carboxylic acids is 3. The third kappa shape index (κ3) is 5.82. The molecule has 0 fully saturated rings. The molecule has 120 valence electrons. The second-order valence-corrected chi connectivity index (χ2v) is 5.13. The van der Waals surface area contributed by atoms with Crippen LogP contribution >= 0.6 is 0 Å². The van der Waals surface area contributed by atoms with E-state index in [1.165, 1.54) is 13.0 Å². The van der Waals surface area contributed by atoms with E-state index in [2.05, 4.69) is 0 Å². The third-order valence-electron chi connectivity index (χ3n) is 2.55. The average Bonchev–Trinajstić information content (AvgIpc) is 2.44. The van der Waals surface area contributed by atoms with E-state index in [1.54, 1.807) is 18.2 Å². The van der Waals surface area contributed by atoms with E-state index in [4.69, 9.17) is 15.2 Å². The molecule has 0 spiro atoms. The van der Waals surface area contributed by atoms with Crippen molar-refractivity contribution >= 4 is 17.9 Å². The van der Waals surface area contributed by atoms with Gasteiger partial charge in [0.1, 0.15) is 5.75 Å². The van der Waals surface area contributed by atoms with Crippen LogP contribution in [0.5, 0.6) is 5.75 Å². The van der Waals surface area contributed by atoms with Crippen molar-refractivity contribution in [1.29, 1.82) is 0 Å². The zero-order valence-electron chi connectivity index (χ0n) is 12.8. The Kier molecular flexibility index (Phi) is 6.37. The summed E-state index contributed by atoms with van der Waals surface area (Å²) in [5, 5.41) is 1.84. The lowest BCUT2D eigenvalue weighted by atomic mass is 10.2. The van der Waals surface area contributed by atoms with E-state index >= 15 is 0 Å². The van der Waals surface area contributed by atoms with Crippen molar-refractivity contribution in [2.75, 3.05) is 6.61 Å². The number of hydrogen-bond acceptors (Lipinski definition) is 5.